The Morgan fingerprint density at radius 3 is 2.37 bits per heavy atom. The average molecular weight is 296 g/mol. The molecule has 5 nitrogen and oxygen atoms in total. The van der Waals surface area contributed by atoms with Gasteiger partial charge in [-0.15, -0.1) is 11.8 Å². The number of benzene rings is 1. The van der Waals surface area contributed by atoms with Crippen molar-refractivity contribution in [2.75, 3.05) is 30.6 Å². The summed E-state index contributed by atoms with van der Waals surface area (Å²) in [7, 11) is 3.70. The predicted octanol–water partition coefficient (Wildman–Crippen LogP) is 3.06. The van der Waals surface area contributed by atoms with Gasteiger partial charge in [-0.3, -0.25) is 0 Å². The third-order valence-electron chi connectivity index (χ3n) is 2.34. The molecule has 0 saturated heterocycles. The summed E-state index contributed by atoms with van der Waals surface area (Å²) in [6.07, 6.45) is 2.04. The van der Waals surface area contributed by atoms with Gasteiger partial charge in [0.15, 0.2) is 0 Å². The highest BCUT2D eigenvalue weighted by Crippen LogP contribution is 2.20. The van der Waals surface area contributed by atoms with Crippen molar-refractivity contribution < 1.29 is 0 Å². The van der Waals surface area contributed by atoms with Gasteiger partial charge in [0.1, 0.15) is 0 Å². The molecule has 0 amide bonds. The average Bonchev–Trinajstić information content (AvgIpc) is 2.39. The van der Waals surface area contributed by atoms with Crippen LogP contribution in [0.3, 0.4) is 0 Å². The van der Waals surface area contributed by atoms with Crippen molar-refractivity contribution in [2.45, 2.75) is 4.90 Å². The zero-order valence-corrected chi connectivity index (χ0v) is 12.5. The predicted molar refractivity (Wildman–Crippen MR) is 80.7 cm³/mol. The molecule has 0 atom stereocenters. The van der Waals surface area contributed by atoms with Crippen LogP contribution in [0.5, 0.6) is 0 Å². The van der Waals surface area contributed by atoms with Gasteiger partial charge in [-0.2, -0.15) is 15.0 Å². The Balaban J connectivity index is 2.22. The summed E-state index contributed by atoms with van der Waals surface area (Å²) in [5.41, 5.74) is 0.907. The van der Waals surface area contributed by atoms with Crippen LogP contribution in [0.15, 0.2) is 29.2 Å². The van der Waals surface area contributed by atoms with Crippen LogP contribution in [0.25, 0.3) is 0 Å². The van der Waals surface area contributed by atoms with E-state index in [4.69, 9.17) is 11.6 Å². The van der Waals surface area contributed by atoms with Gasteiger partial charge in [0, 0.05) is 24.7 Å². The Kier molecular flexibility index (Phi) is 4.44. The zero-order chi connectivity index (χ0) is 13.8. The first-order valence-electron chi connectivity index (χ1n) is 5.58. The van der Waals surface area contributed by atoms with Crippen LogP contribution in [0.4, 0.5) is 17.6 Å². The molecule has 0 unspecified atom stereocenters. The highest BCUT2D eigenvalue weighted by molar-refractivity contribution is 7.98. The highest BCUT2D eigenvalue weighted by atomic mass is 35.5. The molecule has 1 aromatic carbocycles. The zero-order valence-electron chi connectivity index (χ0n) is 10.9. The Hall–Kier alpha value is -1.53. The quantitative estimate of drug-likeness (QED) is 0.875. The van der Waals surface area contributed by atoms with Crippen LogP contribution in [0.2, 0.25) is 5.28 Å². The summed E-state index contributed by atoms with van der Waals surface area (Å²) < 4.78 is 0. The van der Waals surface area contributed by atoms with Gasteiger partial charge in [0.05, 0.1) is 0 Å². The lowest BCUT2D eigenvalue weighted by atomic mass is 10.3. The maximum absolute atomic E-state index is 5.88. The van der Waals surface area contributed by atoms with Crippen LogP contribution < -0.4 is 10.2 Å². The molecule has 0 fully saturated rings. The lowest BCUT2D eigenvalue weighted by molar-refractivity contribution is 0.961. The largest absolute Gasteiger partial charge is 0.347 e. The number of nitrogens with zero attached hydrogens (tertiary/aromatic N) is 4. The van der Waals surface area contributed by atoms with Gasteiger partial charge in [0.2, 0.25) is 17.2 Å². The van der Waals surface area contributed by atoms with Gasteiger partial charge in [0.25, 0.3) is 0 Å². The van der Waals surface area contributed by atoms with Crippen LogP contribution in [-0.2, 0) is 0 Å². The number of hydrogen-bond acceptors (Lipinski definition) is 6. The lowest BCUT2D eigenvalue weighted by Crippen LogP contribution is -2.14. The van der Waals surface area contributed by atoms with Gasteiger partial charge >= 0.3 is 0 Å². The van der Waals surface area contributed by atoms with E-state index in [0.717, 1.165) is 5.69 Å². The van der Waals surface area contributed by atoms with E-state index in [1.54, 1.807) is 16.7 Å². The summed E-state index contributed by atoms with van der Waals surface area (Å²) in [5.74, 6) is 0.948. The van der Waals surface area contributed by atoms with Crippen molar-refractivity contribution in [1.29, 1.82) is 0 Å². The molecule has 1 aromatic heterocycles. The first-order chi connectivity index (χ1) is 9.08. The first kappa shape index (κ1) is 13.9. The topological polar surface area (TPSA) is 53.9 Å². The molecule has 0 saturated carbocycles. The Morgan fingerprint density at radius 1 is 1.11 bits per heavy atom. The molecule has 2 aromatic rings. The number of aromatic nitrogens is 3. The molecule has 1 heterocycles. The summed E-state index contributed by atoms with van der Waals surface area (Å²) in [5, 5.41) is 3.28. The molecule has 100 valence electrons. The van der Waals surface area contributed by atoms with Crippen molar-refractivity contribution in [1.82, 2.24) is 15.0 Å². The Morgan fingerprint density at radius 2 is 1.79 bits per heavy atom. The van der Waals surface area contributed by atoms with Gasteiger partial charge < -0.3 is 10.2 Å². The van der Waals surface area contributed by atoms with E-state index in [9.17, 15) is 0 Å². The third kappa shape index (κ3) is 3.71. The maximum Gasteiger partial charge on any atom is 0.233 e. The standard InChI is InChI=1S/C12H14ClN5S/c1-18(2)12-16-10(13)15-11(17-12)14-8-4-6-9(19-3)7-5-8/h4-7H,1-3H3,(H,14,15,16,17). The monoisotopic (exact) mass is 295 g/mol. The van der Waals surface area contributed by atoms with E-state index in [-0.39, 0.29) is 5.28 Å². The van der Waals surface area contributed by atoms with E-state index in [1.165, 1.54) is 4.90 Å². The van der Waals surface area contributed by atoms with Crippen molar-refractivity contribution in [3.05, 3.63) is 29.5 Å². The first-order valence-corrected chi connectivity index (χ1v) is 7.19. The summed E-state index contributed by atoms with van der Waals surface area (Å²) >= 11 is 7.57. The lowest BCUT2D eigenvalue weighted by Gasteiger charge is -2.12. The molecule has 0 aliphatic carbocycles. The van der Waals surface area contributed by atoms with E-state index < -0.39 is 0 Å². The number of thioether (sulfide) groups is 1. The fourth-order valence-corrected chi connectivity index (χ4v) is 1.96. The van der Waals surface area contributed by atoms with E-state index in [1.807, 2.05) is 44.6 Å². The second-order valence-electron chi connectivity index (χ2n) is 3.98. The minimum atomic E-state index is 0.168. The van der Waals surface area contributed by atoms with Crippen LogP contribution in [0, 0.1) is 0 Å². The smallest absolute Gasteiger partial charge is 0.233 e. The second-order valence-corrected chi connectivity index (χ2v) is 5.19. The fourth-order valence-electron chi connectivity index (χ4n) is 1.40. The molecule has 1 N–H and O–H groups in total. The third-order valence-corrected chi connectivity index (χ3v) is 3.26. The summed E-state index contributed by atoms with van der Waals surface area (Å²) in [6, 6.07) is 8.00. The molecular formula is C12H14ClN5S. The molecule has 0 aliphatic rings. The summed E-state index contributed by atoms with van der Waals surface area (Å²) in [6.45, 7) is 0. The number of anilines is 3. The van der Waals surface area contributed by atoms with E-state index in [2.05, 4.69) is 20.3 Å². The van der Waals surface area contributed by atoms with Crippen molar-refractivity contribution in [3.63, 3.8) is 0 Å². The van der Waals surface area contributed by atoms with Crippen LogP contribution in [0.1, 0.15) is 0 Å². The molecular weight excluding hydrogens is 282 g/mol. The number of halogens is 1. The number of nitrogens with one attached hydrogen (secondary N) is 1. The fraction of sp³-hybridized carbons (Fsp3) is 0.250. The van der Waals surface area contributed by atoms with Gasteiger partial charge in [-0.1, -0.05) is 0 Å². The second kappa shape index (κ2) is 6.08. The van der Waals surface area contributed by atoms with E-state index in [0.29, 0.717) is 11.9 Å². The molecule has 0 aliphatic heterocycles. The molecule has 7 heteroatoms. The Bertz CT molecular complexity index is 559. The molecule has 2 rings (SSSR count). The van der Waals surface area contributed by atoms with Gasteiger partial charge in [-0.05, 0) is 42.1 Å². The van der Waals surface area contributed by atoms with Gasteiger partial charge in [-0.25, -0.2) is 0 Å². The minimum absolute atomic E-state index is 0.168. The van der Waals surface area contributed by atoms with Crippen molar-refractivity contribution in [3.8, 4) is 0 Å². The minimum Gasteiger partial charge on any atom is -0.347 e. The highest BCUT2D eigenvalue weighted by Gasteiger charge is 2.06. The van der Waals surface area contributed by atoms with Crippen LogP contribution in [-0.4, -0.2) is 35.3 Å². The molecule has 0 spiro atoms. The summed E-state index contributed by atoms with van der Waals surface area (Å²) in [4.78, 5) is 15.3. The maximum atomic E-state index is 5.88. The SMILES string of the molecule is CSc1ccc(Nc2nc(Cl)nc(N(C)C)n2)cc1. The van der Waals surface area contributed by atoms with Crippen LogP contribution >= 0.6 is 23.4 Å². The molecule has 0 bridgehead atoms. The van der Waals surface area contributed by atoms with E-state index >= 15 is 0 Å². The number of hydrogen-bond donors (Lipinski definition) is 1. The van der Waals surface area contributed by atoms with Crippen molar-refractivity contribution >= 4 is 40.9 Å². The Labute approximate surface area is 121 Å². The van der Waals surface area contributed by atoms with Crippen molar-refractivity contribution in [2.24, 2.45) is 0 Å². The number of rotatable bonds is 4. The normalized spacial score (nSPS) is 10.3. The molecule has 19 heavy (non-hydrogen) atoms. The molecule has 0 radical (unpaired) electrons.